The number of hydrogen-bond acceptors (Lipinski definition) is 7. The van der Waals surface area contributed by atoms with Crippen molar-refractivity contribution < 1.29 is 28.8 Å². The van der Waals surface area contributed by atoms with Gasteiger partial charge in [0.2, 0.25) is 11.7 Å². The fraction of sp³-hybridized carbons (Fsp3) is 0.409. The van der Waals surface area contributed by atoms with Crippen molar-refractivity contribution in [2.75, 3.05) is 40.4 Å². The summed E-state index contributed by atoms with van der Waals surface area (Å²) in [5.74, 6) is 2.44. The predicted octanol–water partition coefficient (Wildman–Crippen LogP) is 2.25. The highest BCUT2D eigenvalue weighted by atomic mass is 16.5. The summed E-state index contributed by atoms with van der Waals surface area (Å²) in [5, 5.41) is 11.8. The van der Waals surface area contributed by atoms with Gasteiger partial charge in [0.15, 0.2) is 11.5 Å². The number of nitrogens with one attached hydrogen (secondary N) is 1. The predicted molar refractivity (Wildman–Crippen MR) is 113 cm³/mol. The Kier molecular flexibility index (Phi) is 6.69. The molecule has 2 aromatic carbocycles. The fourth-order valence-corrected chi connectivity index (χ4v) is 3.61. The van der Waals surface area contributed by atoms with Crippen molar-refractivity contribution in [2.45, 2.75) is 24.3 Å². The average molecular weight is 416 g/mol. The lowest BCUT2D eigenvalue weighted by atomic mass is 10.0. The molecule has 0 bridgehead atoms. The van der Waals surface area contributed by atoms with Crippen LogP contribution < -0.4 is 30.0 Å². The van der Waals surface area contributed by atoms with Crippen LogP contribution in [0.15, 0.2) is 30.3 Å². The molecule has 2 aromatic rings. The van der Waals surface area contributed by atoms with E-state index in [4.69, 9.17) is 29.8 Å². The molecule has 1 fully saturated rings. The molecule has 0 aliphatic heterocycles. The van der Waals surface area contributed by atoms with E-state index in [1.165, 1.54) is 7.11 Å². The molecule has 4 N–H and O–H groups in total. The maximum atomic E-state index is 12.1. The molecule has 1 aliphatic rings. The Balaban J connectivity index is 1.85. The van der Waals surface area contributed by atoms with Gasteiger partial charge in [-0.3, -0.25) is 4.79 Å². The number of benzene rings is 2. The standard InChI is InChI=1S/C22H28N2O6/c1-27-18-6-5-12(7-17(18)24-22(26)16(23)11-25)14-10-15(14)13-8-19(28-2)21(30-4)20(9-13)29-3/h5-9,14-16,25H,10-11,23H2,1-4H3,(H,24,26)/t14?,15?,16-/m0/s1. The number of anilines is 1. The topological polar surface area (TPSA) is 112 Å². The fourth-order valence-electron chi connectivity index (χ4n) is 3.61. The van der Waals surface area contributed by atoms with E-state index in [0.717, 1.165) is 17.5 Å². The number of rotatable bonds is 9. The summed E-state index contributed by atoms with van der Waals surface area (Å²) in [6.45, 7) is -0.431. The number of amides is 1. The highest BCUT2D eigenvalue weighted by molar-refractivity contribution is 5.96. The smallest absolute Gasteiger partial charge is 0.243 e. The quantitative estimate of drug-likeness (QED) is 0.575. The molecule has 162 valence electrons. The molecule has 0 radical (unpaired) electrons. The SMILES string of the molecule is COc1ccc(C2CC2c2cc(OC)c(OC)c(OC)c2)cc1NC(=O)[C@@H](N)CO. The van der Waals surface area contributed by atoms with Gasteiger partial charge in [-0.25, -0.2) is 0 Å². The summed E-state index contributed by atoms with van der Waals surface area (Å²) in [6, 6.07) is 8.65. The number of ether oxygens (including phenoxy) is 4. The third-order valence-corrected chi connectivity index (χ3v) is 5.35. The van der Waals surface area contributed by atoms with Crippen LogP contribution >= 0.6 is 0 Å². The molecule has 0 spiro atoms. The van der Waals surface area contributed by atoms with E-state index in [2.05, 4.69) is 5.32 Å². The molecule has 30 heavy (non-hydrogen) atoms. The summed E-state index contributed by atoms with van der Waals surface area (Å²) in [4.78, 5) is 12.1. The Morgan fingerprint density at radius 3 is 2.13 bits per heavy atom. The summed E-state index contributed by atoms with van der Waals surface area (Å²) >= 11 is 0. The monoisotopic (exact) mass is 416 g/mol. The molecule has 0 heterocycles. The Hall–Kier alpha value is -2.97. The van der Waals surface area contributed by atoms with E-state index in [9.17, 15) is 4.79 Å². The minimum absolute atomic E-state index is 0.279. The minimum Gasteiger partial charge on any atom is -0.495 e. The molecule has 0 saturated heterocycles. The number of aliphatic hydroxyl groups excluding tert-OH is 1. The Bertz CT molecular complexity index is 891. The third-order valence-electron chi connectivity index (χ3n) is 5.35. The molecule has 8 nitrogen and oxygen atoms in total. The van der Waals surface area contributed by atoms with E-state index in [1.807, 2.05) is 30.3 Å². The molecule has 3 rings (SSSR count). The number of methoxy groups -OCH3 is 4. The largest absolute Gasteiger partial charge is 0.495 e. The van der Waals surface area contributed by atoms with Crippen molar-refractivity contribution in [1.82, 2.24) is 0 Å². The lowest BCUT2D eigenvalue weighted by Crippen LogP contribution is -2.38. The van der Waals surface area contributed by atoms with Crippen LogP contribution in [-0.2, 0) is 4.79 Å². The van der Waals surface area contributed by atoms with E-state index in [1.54, 1.807) is 21.3 Å². The maximum absolute atomic E-state index is 12.1. The molecule has 1 amide bonds. The lowest BCUT2D eigenvalue weighted by Gasteiger charge is -2.15. The second kappa shape index (κ2) is 9.23. The van der Waals surface area contributed by atoms with Crippen LogP contribution in [0.2, 0.25) is 0 Å². The average Bonchev–Trinajstić information content (AvgIpc) is 3.58. The van der Waals surface area contributed by atoms with Gasteiger partial charge in [-0.1, -0.05) is 6.07 Å². The first kappa shape index (κ1) is 21.7. The second-order valence-corrected chi connectivity index (χ2v) is 7.15. The molecule has 8 heteroatoms. The van der Waals surface area contributed by atoms with Crippen LogP contribution in [0.25, 0.3) is 0 Å². The van der Waals surface area contributed by atoms with Gasteiger partial charge in [0.05, 0.1) is 40.7 Å². The Morgan fingerprint density at radius 1 is 1.00 bits per heavy atom. The van der Waals surface area contributed by atoms with Crippen molar-refractivity contribution in [3.8, 4) is 23.0 Å². The van der Waals surface area contributed by atoms with Gasteiger partial charge in [-0.05, 0) is 53.6 Å². The first-order valence-electron chi connectivity index (χ1n) is 9.62. The molecular weight excluding hydrogens is 388 g/mol. The van der Waals surface area contributed by atoms with Gasteiger partial charge in [0, 0.05) is 0 Å². The minimum atomic E-state index is -0.994. The van der Waals surface area contributed by atoms with Gasteiger partial charge >= 0.3 is 0 Å². The van der Waals surface area contributed by atoms with Gasteiger partial charge in [0.1, 0.15) is 11.8 Å². The lowest BCUT2D eigenvalue weighted by molar-refractivity contribution is -0.118. The highest BCUT2D eigenvalue weighted by Crippen LogP contribution is 2.57. The molecule has 0 aromatic heterocycles. The normalized spacial score (nSPS) is 18.3. The second-order valence-electron chi connectivity index (χ2n) is 7.15. The van der Waals surface area contributed by atoms with Gasteiger partial charge in [0.25, 0.3) is 0 Å². The third kappa shape index (κ3) is 4.29. The summed E-state index contributed by atoms with van der Waals surface area (Å²) in [6.07, 6.45) is 0.953. The molecule has 1 saturated carbocycles. The molecule has 1 aliphatic carbocycles. The van der Waals surface area contributed by atoms with Crippen molar-refractivity contribution in [3.63, 3.8) is 0 Å². The van der Waals surface area contributed by atoms with Crippen LogP contribution in [0.5, 0.6) is 23.0 Å². The first-order valence-corrected chi connectivity index (χ1v) is 9.62. The van der Waals surface area contributed by atoms with Crippen LogP contribution in [0.1, 0.15) is 29.4 Å². The molecule has 3 atom stereocenters. The number of hydrogen-bond donors (Lipinski definition) is 3. The maximum Gasteiger partial charge on any atom is 0.243 e. The number of nitrogens with two attached hydrogens (primary N) is 1. The Labute approximate surface area is 175 Å². The van der Waals surface area contributed by atoms with Gasteiger partial charge in [-0.2, -0.15) is 0 Å². The van der Waals surface area contributed by atoms with Crippen LogP contribution in [0, 0.1) is 0 Å². The van der Waals surface area contributed by atoms with Gasteiger partial charge in [-0.15, -0.1) is 0 Å². The van der Waals surface area contributed by atoms with E-state index < -0.39 is 18.6 Å². The van der Waals surface area contributed by atoms with Crippen molar-refractivity contribution >= 4 is 11.6 Å². The highest BCUT2D eigenvalue weighted by Gasteiger charge is 2.40. The zero-order valence-electron chi connectivity index (χ0n) is 17.6. The molecule has 2 unspecified atom stereocenters. The van der Waals surface area contributed by atoms with Crippen LogP contribution in [0.4, 0.5) is 5.69 Å². The summed E-state index contributed by atoms with van der Waals surface area (Å²) in [7, 11) is 6.31. The number of carbonyl (C=O) groups excluding carboxylic acids is 1. The van der Waals surface area contributed by atoms with Crippen LogP contribution in [-0.4, -0.2) is 52.1 Å². The zero-order valence-corrected chi connectivity index (χ0v) is 17.6. The summed E-state index contributed by atoms with van der Waals surface area (Å²) < 4.78 is 21.7. The summed E-state index contributed by atoms with van der Waals surface area (Å²) in [5.41, 5.74) is 8.30. The van der Waals surface area contributed by atoms with Crippen LogP contribution in [0.3, 0.4) is 0 Å². The number of aliphatic hydroxyl groups is 1. The van der Waals surface area contributed by atoms with Crippen molar-refractivity contribution in [2.24, 2.45) is 5.73 Å². The van der Waals surface area contributed by atoms with E-state index >= 15 is 0 Å². The van der Waals surface area contributed by atoms with Crippen molar-refractivity contribution in [3.05, 3.63) is 41.5 Å². The Morgan fingerprint density at radius 2 is 1.60 bits per heavy atom. The van der Waals surface area contributed by atoms with E-state index in [-0.39, 0.29) is 11.8 Å². The number of carbonyl (C=O) groups is 1. The van der Waals surface area contributed by atoms with Gasteiger partial charge < -0.3 is 35.1 Å². The first-order chi connectivity index (χ1) is 14.5. The van der Waals surface area contributed by atoms with E-state index in [0.29, 0.717) is 28.7 Å². The van der Waals surface area contributed by atoms with Crippen molar-refractivity contribution in [1.29, 1.82) is 0 Å². The molecular formula is C22H28N2O6. The zero-order chi connectivity index (χ0) is 21.8.